The first kappa shape index (κ1) is 20.6. The molecule has 0 atom stereocenters. The van der Waals surface area contributed by atoms with E-state index < -0.39 is 5.54 Å². The summed E-state index contributed by atoms with van der Waals surface area (Å²) in [6.07, 6.45) is 1.87. The van der Waals surface area contributed by atoms with E-state index in [1.165, 1.54) is 16.6 Å². The summed E-state index contributed by atoms with van der Waals surface area (Å²) in [5, 5.41) is 1.24. The lowest BCUT2D eigenvalue weighted by molar-refractivity contribution is -0.00429. The number of para-hydroxylation sites is 1. The van der Waals surface area contributed by atoms with Crippen LogP contribution < -0.4 is 4.74 Å². The molecule has 1 fully saturated rings. The Balaban J connectivity index is 1.28. The minimum absolute atomic E-state index is 0.134. The molecule has 5 heteroatoms. The van der Waals surface area contributed by atoms with Gasteiger partial charge in [-0.3, -0.25) is 9.69 Å². The van der Waals surface area contributed by atoms with E-state index >= 15 is 0 Å². The SMILES string of the molecule is CC(C)(C(=O)c1ccc(OCCCc2cc3ccccc3[nH]2)cc1)N1CCOCC1. The lowest BCUT2D eigenvalue weighted by atomic mass is 9.91. The molecule has 2 heterocycles. The molecule has 4 rings (SSSR count). The van der Waals surface area contributed by atoms with Crippen LogP contribution in [0.2, 0.25) is 0 Å². The molecule has 0 unspecified atom stereocenters. The van der Waals surface area contributed by atoms with Gasteiger partial charge in [0, 0.05) is 29.9 Å². The number of carbonyl (C=O) groups excluding carboxylic acids is 1. The monoisotopic (exact) mass is 406 g/mol. The highest BCUT2D eigenvalue weighted by Gasteiger charge is 2.35. The molecule has 0 saturated carbocycles. The van der Waals surface area contributed by atoms with E-state index in [1.807, 2.05) is 44.2 Å². The predicted molar refractivity (Wildman–Crippen MR) is 119 cm³/mol. The summed E-state index contributed by atoms with van der Waals surface area (Å²) in [4.78, 5) is 18.7. The Kier molecular flexibility index (Phi) is 6.21. The van der Waals surface area contributed by atoms with Crippen molar-refractivity contribution in [3.05, 3.63) is 65.9 Å². The number of hydrogen-bond acceptors (Lipinski definition) is 4. The number of H-pyrrole nitrogens is 1. The molecule has 1 saturated heterocycles. The zero-order valence-corrected chi connectivity index (χ0v) is 17.8. The molecule has 1 aromatic heterocycles. The Labute approximate surface area is 178 Å². The summed E-state index contributed by atoms with van der Waals surface area (Å²) in [7, 11) is 0. The largest absolute Gasteiger partial charge is 0.494 e. The lowest BCUT2D eigenvalue weighted by Gasteiger charge is -2.39. The van der Waals surface area contributed by atoms with Crippen molar-refractivity contribution in [3.8, 4) is 5.75 Å². The number of carbonyl (C=O) groups is 1. The van der Waals surface area contributed by atoms with E-state index in [9.17, 15) is 4.79 Å². The van der Waals surface area contributed by atoms with Crippen LogP contribution in [0.5, 0.6) is 5.75 Å². The summed E-state index contributed by atoms with van der Waals surface area (Å²) < 4.78 is 11.3. The molecular weight excluding hydrogens is 376 g/mol. The van der Waals surface area contributed by atoms with Gasteiger partial charge in [0.25, 0.3) is 0 Å². The van der Waals surface area contributed by atoms with Crippen LogP contribution in [0.25, 0.3) is 10.9 Å². The molecule has 5 nitrogen and oxygen atoms in total. The minimum Gasteiger partial charge on any atom is -0.494 e. The van der Waals surface area contributed by atoms with Gasteiger partial charge in [-0.05, 0) is 68.5 Å². The van der Waals surface area contributed by atoms with Crippen LogP contribution in [0.15, 0.2) is 54.6 Å². The van der Waals surface area contributed by atoms with Crippen molar-refractivity contribution < 1.29 is 14.3 Å². The number of hydrogen-bond donors (Lipinski definition) is 1. The van der Waals surface area contributed by atoms with E-state index in [2.05, 4.69) is 34.1 Å². The van der Waals surface area contributed by atoms with E-state index in [0.717, 1.165) is 37.2 Å². The number of aromatic amines is 1. The number of Topliss-reactive ketones (excluding diaryl/α,β-unsaturated/α-hetero) is 1. The number of fused-ring (bicyclic) bond motifs is 1. The zero-order valence-electron chi connectivity index (χ0n) is 17.8. The Bertz CT molecular complexity index is 952. The van der Waals surface area contributed by atoms with Crippen molar-refractivity contribution in [1.82, 2.24) is 9.88 Å². The topological polar surface area (TPSA) is 54.6 Å². The van der Waals surface area contributed by atoms with E-state index in [1.54, 1.807) is 0 Å². The molecule has 1 aliphatic rings. The number of nitrogens with one attached hydrogen (secondary N) is 1. The first-order chi connectivity index (χ1) is 14.5. The zero-order chi connectivity index (χ0) is 21.0. The first-order valence-corrected chi connectivity index (χ1v) is 10.7. The summed E-state index contributed by atoms with van der Waals surface area (Å²) >= 11 is 0. The van der Waals surface area contributed by atoms with Crippen molar-refractivity contribution in [2.75, 3.05) is 32.9 Å². The van der Waals surface area contributed by atoms with Gasteiger partial charge in [0.1, 0.15) is 5.75 Å². The van der Waals surface area contributed by atoms with Crippen molar-refractivity contribution in [2.45, 2.75) is 32.2 Å². The highest BCUT2D eigenvalue weighted by molar-refractivity contribution is 6.02. The molecule has 0 bridgehead atoms. The van der Waals surface area contributed by atoms with Gasteiger partial charge in [-0.25, -0.2) is 0 Å². The van der Waals surface area contributed by atoms with E-state index in [4.69, 9.17) is 9.47 Å². The molecule has 3 aromatic rings. The van der Waals surface area contributed by atoms with E-state index in [0.29, 0.717) is 19.8 Å². The fraction of sp³-hybridized carbons (Fsp3) is 0.400. The second-order valence-electron chi connectivity index (χ2n) is 8.35. The summed E-state index contributed by atoms with van der Waals surface area (Å²) in [5.41, 5.74) is 2.59. The van der Waals surface area contributed by atoms with Gasteiger partial charge in [-0.15, -0.1) is 0 Å². The maximum atomic E-state index is 13.0. The third-order valence-electron chi connectivity index (χ3n) is 5.92. The van der Waals surface area contributed by atoms with Crippen LogP contribution >= 0.6 is 0 Å². The van der Waals surface area contributed by atoms with Gasteiger partial charge in [0.2, 0.25) is 0 Å². The standard InChI is InChI=1S/C25H30N2O3/c1-25(2,27-13-16-29-17-14-27)24(28)19-9-11-22(12-10-19)30-15-5-7-21-18-20-6-3-4-8-23(20)26-21/h3-4,6,8-12,18,26H,5,7,13-17H2,1-2H3. The Morgan fingerprint density at radius 3 is 2.57 bits per heavy atom. The van der Waals surface area contributed by atoms with Crippen molar-refractivity contribution in [3.63, 3.8) is 0 Å². The second kappa shape index (κ2) is 9.02. The number of aryl methyl sites for hydroxylation is 1. The van der Waals surface area contributed by atoms with Crippen molar-refractivity contribution >= 4 is 16.7 Å². The van der Waals surface area contributed by atoms with Gasteiger partial charge in [-0.1, -0.05) is 18.2 Å². The van der Waals surface area contributed by atoms with Crippen LogP contribution in [-0.2, 0) is 11.2 Å². The Hall–Kier alpha value is -2.63. The van der Waals surface area contributed by atoms with Crippen LogP contribution in [0, 0.1) is 0 Å². The number of benzene rings is 2. The molecule has 0 amide bonds. The first-order valence-electron chi connectivity index (χ1n) is 10.7. The lowest BCUT2D eigenvalue weighted by Crippen LogP contribution is -2.54. The van der Waals surface area contributed by atoms with Crippen LogP contribution in [0.1, 0.15) is 36.3 Å². The summed E-state index contributed by atoms with van der Waals surface area (Å²) in [6, 6.07) is 18.0. The molecule has 158 valence electrons. The highest BCUT2D eigenvalue weighted by Crippen LogP contribution is 2.23. The van der Waals surface area contributed by atoms with Crippen molar-refractivity contribution in [2.24, 2.45) is 0 Å². The fourth-order valence-corrected chi connectivity index (χ4v) is 4.04. The third-order valence-corrected chi connectivity index (χ3v) is 5.92. The molecule has 1 N–H and O–H groups in total. The van der Waals surface area contributed by atoms with Gasteiger partial charge >= 0.3 is 0 Å². The molecular formula is C25H30N2O3. The number of ketones is 1. The normalized spacial score (nSPS) is 15.4. The number of nitrogens with zero attached hydrogens (tertiary/aromatic N) is 1. The maximum Gasteiger partial charge on any atom is 0.182 e. The molecule has 0 radical (unpaired) electrons. The molecule has 2 aromatic carbocycles. The number of ether oxygens (including phenoxy) is 2. The smallest absolute Gasteiger partial charge is 0.182 e. The molecule has 0 spiro atoms. The molecule has 1 aliphatic heterocycles. The average Bonchev–Trinajstić information content (AvgIpc) is 3.20. The Morgan fingerprint density at radius 2 is 1.83 bits per heavy atom. The summed E-state index contributed by atoms with van der Waals surface area (Å²) in [5.74, 6) is 0.933. The fourth-order valence-electron chi connectivity index (χ4n) is 4.04. The molecule has 0 aliphatic carbocycles. The van der Waals surface area contributed by atoms with Gasteiger partial charge in [0.05, 0.1) is 25.4 Å². The number of morpholine rings is 1. The summed E-state index contributed by atoms with van der Waals surface area (Å²) in [6.45, 7) is 7.57. The van der Waals surface area contributed by atoms with E-state index in [-0.39, 0.29) is 5.78 Å². The number of aromatic nitrogens is 1. The highest BCUT2D eigenvalue weighted by atomic mass is 16.5. The van der Waals surface area contributed by atoms with Crippen LogP contribution in [-0.4, -0.2) is 54.1 Å². The van der Waals surface area contributed by atoms with Gasteiger partial charge in [0.15, 0.2) is 5.78 Å². The second-order valence-corrected chi connectivity index (χ2v) is 8.35. The van der Waals surface area contributed by atoms with Gasteiger partial charge < -0.3 is 14.5 Å². The predicted octanol–water partition coefficient (Wildman–Crippen LogP) is 4.47. The maximum absolute atomic E-state index is 13.0. The Morgan fingerprint density at radius 1 is 1.10 bits per heavy atom. The van der Waals surface area contributed by atoms with Crippen LogP contribution in [0.3, 0.4) is 0 Å². The third kappa shape index (κ3) is 4.58. The van der Waals surface area contributed by atoms with Crippen molar-refractivity contribution in [1.29, 1.82) is 0 Å². The number of rotatable bonds is 8. The van der Waals surface area contributed by atoms with Crippen LogP contribution in [0.4, 0.5) is 0 Å². The quantitative estimate of drug-likeness (QED) is 0.443. The average molecular weight is 407 g/mol. The van der Waals surface area contributed by atoms with Gasteiger partial charge in [-0.2, -0.15) is 0 Å². The minimum atomic E-state index is -0.536. The molecule has 30 heavy (non-hydrogen) atoms.